The van der Waals surface area contributed by atoms with Crippen molar-refractivity contribution in [3.8, 4) is 5.75 Å². The molecule has 0 radical (unpaired) electrons. The fraction of sp³-hybridized carbons (Fsp3) is 0.438. The summed E-state index contributed by atoms with van der Waals surface area (Å²) in [4.78, 5) is 30.6. The monoisotopic (exact) mass is 517 g/mol. The van der Waals surface area contributed by atoms with Crippen LogP contribution in [0.3, 0.4) is 0 Å². The summed E-state index contributed by atoms with van der Waals surface area (Å²) in [6.07, 6.45) is 6.31. The molecule has 0 aliphatic rings. The third-order valence-corrected chi connectivity index (χ3v) is 7.08. The molecule has 38 heavy (non-hydrogen) atoms. The lowest BCUT2D eigenvalue weighted by Gasteiger charge is -2.31. The van der Waals surface area contributed by atoms with E-state index in [0.717, 1.165) is 48.3 Å². The Labute approximate surface area is 228 Å². The normalized spacial score (nSPS) is 11.7. The molecular weight excluding hydrogens is 474 g/mol. The van der Waals surface area contributed by atoms with Crippen LogP contribution in [0.25, 0.3) is 0 Å². The van der Waals surface area contributed by atoms with Crippen LogP contribution in [0.2, 0.25) is 0 Å². The van der Waals surface area contributed by atoms with Crippen LogP contribution in [0.4, 0.5) is 0 Å². The highest BCUT2D eigenvalue weighted by Crippen LogP contribution is 2.18. The third kappa shape index (κ3) is 8.51. The maximum Gasteiger partial charge on any atom is 0.242 e. The minimum atomic E-state index is -0.0351. The van der Waals surface area contributed by atoms with Gasteiger partial charge in [0, 0.05) is 37.4 Å². The zero-order chi connectivity index (χ0) is 27.3. The Morgan fingerprint density at radius 2 is 1.66 bits per heavy atom. The molecule has 1 atom stereocenters. The minimum Gasteiger partial charge on any atom is -0.497 e. The molecule has 3 aromatic rings. The van der Waals surface area contributed by atoms with Gasteiger partial charge in [-0.15, -0.1) is 0 Å². The first-order valence-electron chi connectivity index (χ1n) is 13.8. The van der Waals surface area contributed by atoms with Gasteiger partial charge in [0.15, 0.2) is 0 Å². The maximum atomic E-state index is 13.8. The highest BCUT2D eigenvalue weighted by molar-refractivity contribution is 5.85. The molecule has 1 aromatic heterocycles. The Bertz CT molecular complexity index is 1140. The van der Waals surface area contributed by atoms with Gasteiger partial charge in [0.2, 0.25) is 11.8 Å². The molecule has 1 unspecified atom stereocenters. The van der Waals surface area contributed by atoms with E-state index in [1.54, 1.807) is 12.0 Å². The number of amides is 2. The molecule has 2 amide bonds. The van der Waals surface area contributed by atoms with Gasteiger partial charge in [-0.1, -0.05) is 69.2 Å². The summed E-state index contributed by atoms with van der Waals surface area (Å²) < 4.78 is 7.56. The van der Waals surface area contributed by atoms with Crippen LogP contribution in [0.5, 0.6) is 5.75 Å². The van der Waals surface area contributed by atoms with Crippen molar-refractivity contribution in [3.63, 3.8) is 0 Å². The van der Waals surface area contributed by atoms with E-state index in [-0.39, 0.29) is 24.4 Å². The summed E-state index contributed by atoms with van der Waals surface area (Å²) in [5, 5.41) is 0. The minimum absolute atomic E-state index is 0.0172. The molecule has 0 fully saturated rings. The number of nitrogens with zero attached hydrogens (tertiary/aromatic N) is 3. The second-order valence-corrected chi connectivity index (χ2v) is 9.95. The molecule has 0 saturated carbocycles. The van der Waals surface area contributed by atoms with E-state index in [2.05, 4.69) is 30.5 Å². The number of ether oxygens (including phenoxy) is 1. The smallest absolute Gasteiger partial charge is 0.242 e. The summed E-state index contributed by atoms with van der Waals surface area (Å²) in [5.74, 6) is 0.861. The van der Waals surface area contributed by atoms with Crippen molar-refractivity contribution in [2.45, 2.75) is 78.6 Å². The molecule has 0 saturated heterocycles. The van der Waals surface area contributed by atoms with Crippen LogP contribution in [0, 0.1) is 0 Å². The van der Waals surface area contributed by atoms with Gasteiger partial charge in [-0.2, -0.15) is 0 Å². The summed E-state index contributed by atoms with van der Waals surface area (Å²) in [7, 11) is 1.67. The van der Waals surface area contributed by atoms with Gasteiger partial charge in [-0.3, -0.25) is 9.59 Å². The van der Waals surface area contributed by atoms with Crippen molar-refractivity contribution >= 4 is 11.8 Å². The average molecular weight is 518 g/mol. The predicted molar refractivity (Wildman–Crippen MR) is 153 cm³/mol. The fourth-order valence-corrected chi connectivity index (χ4v) is 4.57. The SMILES string of the molecule is CCCCCC(=O)N(CC(=O)N(Cc1ccccc1)Cc1cccn1Cc1cccc(OC)c1)C(C)CC. The van der Waals surface area contributed by atoms with Crippen LogP contribution < -0.4 is 4.74 Å². The average Bonchev–Trinajstić information content (AvgIpc) is 3.37. The topological polar surface area (TPSA) is 54.8 Å². The van der Waals surface area contributed by atoms with Gasteiger partial charge in [-0.25, -0.2) is 0 Å². The quantitative estimate of drug-likeness (QED) is 0.223. The number of unbranched alkanes of at least 4 members (excludes halogenated alkanes) is 2. The molecule has 0 aliphatic heterocycles. The summed E-state index contributed by atoms with van der Waals surface area (Å²) in [6, 6.07) is 22.2. The number of aromatic nitrogens is 1. The molecule has 1 heterocycles. The number of rotatable bonds is 15. The Kier molecular flexibility index (Phi) is 11.5. The molecule has 0 N–H and O–H groups in total. The van der Waals surface area contributed by atoms with Crippen molar-refractivity contribution < 1.29 is 14.3 Å². The van der Waals surface area contributed by atoms with Crippen molar-refractivity contribution in [2.24, 2.45) is 0 Å². The number of carbonyl (C=O) groups excluding carboxylic acids is 2. The van der Waals surface area contributed by atoms with E-state index in [9.17, 15) is 9.59 Å². The van der Waals surface area contributed by atoms with Crippen LogP contribution in [0.15, 0.2) is 72.9 Å². The van der Waals surface area contributed by atoms with Crippen molar-refractivity contribution in [3.05, 3.63) is 89.7 Å². The zero-order valence-corrected chi connectivity index (χ0v) is 23.4. The van der Waals surface area contributed by atoms with Crippen LogP contribution in [-0.2, 0) is 29.2 Å². The van der Waals surface area contributed by atoms with E-state index in [0.29, 0.717) is 26.1 Å². The molecule has 6 nitrogen and oxygen atoms in total. The molecule has 6 heteroatoms. The second-order valence-electron chi connectivity index (χ2n) is 9.95. The Morgan fingerprint density at radius 3 is 2.37 bits per heavy atom. The van der Waals surface area contributed by atoms with E-state index in [1.807, 2.05) is 72.6 Å². The number of methoxy groups -OCH3 is 1. The first kappa shape index (κ1) is 29.0. The predicted octanol–water partition coefficient (Wildman–Crippen LogP) is 6.28. The molecule has 0 aliphatic carbocycles. The second kappa shape index (κ2) is 15.0. The molecule has 0 spiro atoms. The maximum absolute atomic E-state index is 13.8. The summed E-state index contributed by atoms with van der Waals surface area (Å²) in [5.41, 5.74) is 3.24. The zero-order valence-electron chi connectivity index (χ0n) is 23.4. The third-order valence-electron chi connectivity index (χ3n) is 7.08. The molecule has 204 valence electrons. The Balaban J connectivity index is 1.81. The summed E-state index contributed by atoms with van der Waals surface area (Å²) in [6.45, 7) is 7.96. The fourth-order valence-electron chi connectivity index (χ4n) is 4.57. The molecular formula is C32H43N3O3. The highest BCUT2D eigenvalue weighted by Gasteiger charge is 2.25. The first-order chi connectivity index (χ1) is 18.4. The van der Waals surface area contributed by atoms with Crippen LogP contribution in [-0.4, -0.2) is 45.9 Å². The van der Waals surface area contributed by atoms with Crippen molar-refractivity contribution in [2.75, 3.05) is 13.7 Å². The lowest BCUT2D eigenvalue weighted by Crippen LogP contribution is -2.46. The van der Waals surface area contributed by atoms with Crippen molar-refractivity contribution in [1.82, 2.24) is 14.4 Å². The Hall–Kier alpha value is -3.54. The van der Waals surface area contributed by atoms with Crippen LogP contribution in [0.1, 0.15) is 69.7 Å². The van der Waals surface area contributed by atoms with Gasteiger partial charge in [-0.05, 0) is 55.2 Å². The number of hydrogen-bond acceptors (Lipinski definition) is 3. The lowest BCUT2D eigenvalue weighted by molar-refractivity contribution is -0.143. The van der Waals surface area contributed by atoms with Crippen LogP contribution >= 0.6 is 0 Å². The number of carbonyl (C=O) groups is 2. The molecule has 0 bridgehead atoms. The van der Waals surface area contributed by atoms with Gasteiger partial charge < -0.3 is 19.1 Å². The summed E-state index contributed by atoms with van der Waals surface area (Å²) >= 11 is 0. The number of hydrogen-bond donors (Lipinski definition) is 0. The van der Waals surface area contributed by atoms with Gasteiger partial charge in [0.1, 0.15) is 12.3 Å². The van der Waals surface area contributed by atoms with Crippen molar-refractivity contribution in [1.29, 1.82) is 0 Å². The van der Waals surface area contributed by atoms with E-state index in [4.69, 9.17) is 4.74 Å². The standard InChI is InChI=1S/C32H43N3O3/c1-5-7-9-19-31(36)35(26(3)6-2)25-32(37)34(22-27-14-10-8-11-15-27)24-29-17-13-20-33(29)23-28-16-12-18-30(21-28)38-4/h8,10-18,20-21,26H,5-7,9,19,22-25H2,1-4H3. The van der Waals surface area contributed by atoms with Gasteiger partial charge in [0.05, 0.1) is 13.7 Å². The number of benzene rings is 2. The van der Waals surface area contributed by atoms with E-state index >= 15 is 0 Å². The molecule has 3 rings (SSSR count). The largest absolute Gasteiger partial charge is 0.497 e. The first-order valence-corrected chi connectivity index (χ1v) is 13.8. The van der Waals surface area contributed by atoms with Gasteiger partial charge >= 0.3 is 0 Å². The lowest BCUT2D eigenvalue weighted by atomic mass is 10.1. The van der Waals surface area contributed by atoms with Gasteiger partial charge in [0.25, 0.3) is 0 Å². The Morgan fingerprint density at radius 1 is 0.895 bits per heavy atom. The highest BCUT2D eigenvalue weighted by atomic mass is 16.5. The van der Waals surface area contributed by atoms with E-state index < -0.39 is 0 Å². The van der Waals surface area contributed by atoms with E-state index in [1.165, 1.54) is 0 Å². The molecule has 2 aromatic carbocycles.